The lowest BCUT2D eigenvalue weighted by Crippen LogP contribution is -2.52. The Kier molecular flexibility index (Phi) is 9.98. The SMILES string of the molecule is Cc1ccc(S(=O)(=O)N(CC(=O)N(Cc2c(Cl)cccc2Cl)[C@H](C)C(=O)NC(C)C)c2ccccc2F)cc1. The molecule has 2 amide bonds. The van der Waals surface area contributed by atoms with Gasteiger partial charge in [-0.3, -0.25) is 13.9 Å². The summed E-state index contributed by atoms with van der Waals surface area (Å²) in [5.74, 6) is -2.04. The molecule has 0 heterocycles. The Labute approximate surface area is 238 Å². The summed E-state index contributed by atoms with van der Waals surface area (Å²) >= 11 is 12.7. The summed E-state index contributed by atoms with van der Waals surface area (Å²) in [4.78, 5) is 27.9. The van der Waals surface area contributed by atoms with Crippen molar-refractivity contribution in [2.24, 2.45) is 0 Å². The third-order valence-corrected chi connectivity index (χ3v) is 8.48. The number of nitrogens with one attached hydrogen (secondary N) is 1. The van der Waals surface area contributed by atoms with Crippen molar-refractivity contribution in [2.75, 3.05) is 10.8 Å². The molecule has 0 saturated carbocycles. The normalized spacial score (nSPS) is 12.2. The second kappa shape index (κ2) is 12.8. The van der Waals surface area contributed by atoms with Crippen molar-refractivity contribution in [1.29, 1.82) is 0 Å². The molecule has 0 unspecified atom stereocenters. The van der Waals surface area contributed by atoms with Crippen molar-refractivity contribution in [3.05, 3.63) is 93.7 Å². The first-order chi connectivity index (χ1) is 18.3. The monoisotopic (exact) mass is 593 g/mol. The van der Waals surface area contributed by atoms with E-state index < -0.39 is 40.2 Å². The molecule has 0 radical (unpaired) electrons. The zero-order valence-electron chi connectivity index (χ0n) is 22.0. The number of anilines is 1. The lowest BCUT2D eigenvalue weighted by molar-refractivity contribution is -0.139. The number of hydrogen-bond acceptors (Lipinski definition) is 4. The highest BCUT2D eigenvalue weighted by Gasteiger charge is 2.34. The number of hydrogen-bond donors (Lipinski definition) is 1. The summed E-state index contributed by atoms with van der Waals surface area (Å²) in [7, 11) is -4.38. The van der Waals surface area contributed by atoms with Gasteiger partial charge in [0.2, 0.25) is 11.8 Å². The number of benzene rings is 3. The highest BCUT2D eigenvalue weighted by Crippen LogP contribution is 2.29. The number of para-hydroxylation sites is 1. The Hall–Kier alpha value is -3.14. The number of aryl methyl sites for hydroxylation is 1. The molecule has 0 aliphatic rings. The van der Waals surface area contributed by atoms with E-state index in [1.165, 1.54) is 42.2 Å². The summed E-state index contributed by atoms with van der Waals surface area (Å²) in [6, 6.07) is 14.9. The van der Waals surface area contributed by atoms with E-state index in [-0.39, 0.29) is 33.2 Å². The Morgan fingerprint density at radius 3 is 2.08 bits per heavy atom. The van der Waals surface area contributed by atoms with Crippen LogP contribution in [0, 0.1) is 12.7 Å². The molecule has 3 aromatic carbocycles. The fourth-order valence-electron chi connectivity index (χ4n) is 3.85. The minimum atomic E-state index is -4.38. The van der Waals surface area contributed by atoms with Gasteiger partial charge in [0.1, 0.15) is 18.4 Å². The topological polar surface area (TPSA) is 86.8 Å². The molecular formula is C28H30Cl2FN3O4S. The number of sulfonamides is 1. The first-order valence-corrected chi connectivity index (χ1v) is 14.4. The minimum absolute atomic E-state index is 0.115. The van der Waals surface area contributed by atoms with Gasteiger partial charge in [-0.05, 0) is 64.1 Å². The van der Waals surface area contributed by atoms with Gasteiger partial charge in [-0.25, -0.2) is 12.8 Å². The van der Waals surface area contributed by atoms with Crippen LogP contribution in [0.2, 0.25) is 10.0 Å². The molecular weight excluding hydrogens is 564 g/mol. The van der Waals surface area contributed by atoms with Crippen molar-refractivity contribution in [3.63, 3.8) is 0 Å². The highest BCUT2D eigenvalue weighted by atomic mass is 35.5. The number of nitrogens with zero attached hydrogens (tertiary/aromatic N) is 2. The summed E-state index contributed by atoms with van der Waals surface area (Å²) in [5.41, 5.74) is 0.911. The van der Waals surface area contributed by atoms with Gasteiger partial charge in [-0.15, -0.1) is 0 Å². The van der Waals surface area contributed by atoms with Crippen LogP contribution in [0.4, 0.5) is 10.1 Å². The number of rotatable bonds is 10. The van der Waals surface area contributed by atoms with Crippen LogP contribution in [0.5, 0.6) is 0 Å². The third-order valence-electron chi connectivity index (χ3n) is 6.00. The van der Waals surface area contributed by atoms with Crippen LogP contribution < -0.4 is 9.62 Å². The molecule has 0 bridgehead atoms. The van der Waals surface area contributed by atoms with Gasteiger partial charge in [-0.2, -0.15) is 0 Å². The van der Waals surface area contributed by atoms with Gasteiger partial charge >= 0.3 is 0 Å². The molecule has 0 aliphatic carbocycles. The van der Waals surface area contributed by atoms with Crippen LogP contribution in [-0.4, -0.2) is 43.8 Å². The molecule has 1 atom stereocenters. The predicted octanol–water partition coefficient (Wildman–Crippen LogP) is 5.58. The number of halogens is 3. The number of carbonyl (C=O) groups is 2. The third kappa shape index (κ3) is 7.29. The molecule has 3 rings (SSSR count). The van der Waals surface area contributed by atoms with Gasteiger partial charge in [0.25, 0.3) is 10.0 Å². The van der Waals surface area contributed by atoms with Crippen molar-refractivity contribution in [3.8, 4) is 0 Å². The molecule has 208 valence electrons. The van der Waals surface area contributed by atoms with E-state index in [9.17, 15) is 22.4 Å². The van der Waals surface area contributed by atoms with E-state index >= 15 is 0 Å². The number of carbonyl (C=O) groups excluding carboxylic acids is 2. The molecule has 0 aromatic heterocycles. The quantitative estimate of drug-likeness (QED) is 0.332. The van der Waals surface area contributed by atoms with Gasteiger partial charge in [0, 0.05) is 28.2 Å². The van der Waals surface area contributed by atoms with Gasteiger partial charge in [0.15, 0.2) is 0 Å². The zero-order valence-corrected chi connectivity index (χ0v) is 24.3. The largest absolute Gasteiger partial charge is 0.352 e. The Bertz CT molecular complexity index is 1430. The van der Waals surface area contributed by atoms with E-state index in [4.69, 9.17) is 23.2 Å². The molecule has 1 N–H and O–H groups in total. The summed E-state index contributed by atoms with van der Waals surface area (Å²) in [6.45, 7) is 5.90. The van der Waals surface area contributed by atoms with E-state index in [1.54, 1.807) is 51.1 Å². The van der Waals surface area contributed by atoms with Crippen LogP contribution >= 0.6 is 23.2 Å². The van der Waals surface area contributed by atoms with Crippen LogP contribution in [0.1, 0.15) is 31.9 Å². The molecule has 39 heavy (non-hydrogen) atoms. The summed E-state index contributed by atoms with van der Waals surface area (Å²) < 4.78 is 43.1. The Balaban J connectivity index is 2.08. The van der Waals surface area contributed by atoms with E-state index in [1.807, 2.05) is 0 Å². The molecule has 11 heteroatoms. The maximum atomic E-state index is 15.0. The number of amides is 2. The predicted molar refractivity (Wildman–Crippen MR) is 152 cm³/mol. The van der Waals surface area contributed by atoms with E-state index in [0.717, 1.165) is 11.6 Å². The van der Waals surface area contributed by atoms with Gasteiger partial charge < -0.3 is 10.2 Å². The summed E-state index contributed by atoms with van der Waals surface area (Å²) in [6.07, 6.45) is 0. The van der Waals surface area contributed by atoms with Crippen molar-refractivity contribution in [1.82, 2.24) is 10.2 Å². The molecule has 3 aromatic rings. The molecule has 0 saturated heterocycles. The maximum Gasteiger partial charge on any atom is 0.264 e. The summed E-state index contributed by atoms with van der Waals surface area (Å²) in [5, 5.41) is 3.30. The Morgan fingerprint density at radius 2 is 1.51 bits per heavy atom. The zero-order chi connectivity index (χ0) is 28.9. The van der Waals surface area contributed by atoms with Crippen LogP contribution in [-0.2, 0) is 26.2 Å². The van der Waals surface area contributed by atoms with Crippen molar-refractivity contribution >= 4 is 50.7 Å². The van der Waals surface area contributed by atoms with E-state index in [2.05, 4.69) is 5.32 Å². The van der Waals surface area contributed by atoms with Crippen molar-refractivity contribution in [2.45, 2.75) is 51.2 Å². The van der Waals surface area contributed by atoms with Crippen molar-refractivity contribution < 1.29 is 22.4 Å². The first-order valence-electron chi connectivity index (χ1n) is 12.2. The Morgan fingerprint density at radius 1 is 0.923 bits per heavy atom. The molecule has 0 aliphatic heterocycles. The average Bonchev–Trinajstić information content (AvgIpc) is 2.87. The fourth-order valence-corrected chi connectivity index (χ4v) is 5.79. The van der Waals surface area contributed by atoms with Crippen LogP contribution in [0.25, 0.3) is 0 Å². The molecule has 0 spiro atoms. The minimum Gasteiger partial charge on any atom is -0.352 e. The van der Waals surface area contributed by atoms with Crippen LogP contribution in [0.15, 0.2) is 71.6 Å². The fraction of sp³-hybridized carbons (Fsp3) is 0.286. The van der Waals surface area contributed by atoms with E-state index in [0.29, 0.717) is 9.87 Å². The molecule has 0 fully saturated rings. The second-order valence-electron chi connectivity index (χ2n) is 9.34. The maximum absolute atomic E-state index is 15.0. The first kappa shape index (κ1) is 30.4. The standard InChI is InChI=1S/C28H30Cl2FN3O4S/c1-18(2)32-28(36)20(4)33(16-22-23(29)8-7-9-24(22)30)27(35)17-34(26-11-6-5-10-25(26)31)39(37,38)21-14-12-19(3)13-15-21/h5-15,18,20H,16-17H2,1-4H3,(H,32,36)/t20-/m1/s1. The second-order valence-corrected chi connectivity index (χ2v) is 12.0. The van der Waals surface area contributed by atoms with Crippen LogP contribution in [0.3, 0.4) is 0 Å². The molecule has 7 nitrogen and oxygen atoms in total. The lowest BCUT2D eigenvalue weighted by Gasteiger charge is -2.32. The lowest BCUT2D eigenvalue weighted by atomic mass is 10.1. The smallest absolute Gasteiger partial charge is 0.264 e. The average molecular weight is 595 g/mol. The van der Waals surface area contributed by atoms with Gasteiger partial charge in [0.05, 0.1) is 10.6 Å². The van der Waals surface area contributed by atoms with Gasteiger partial charge in [-0.1, -0.05) is 59.1 Å². The highest BCUT2D eigenvalue weighted by molar-refractivity contribution is 7.92.